The molecule has 0 bridgehead atoms. The third kappa shape index (κ3) is 16.1. The van der Waals surface area contributed by atoms with Gasteiger partial charge in [-0.05, 0) is 77.5 Å². The standard InChI is InChI=1S/C40H55N11O9S/c1-23(2)19-32(39(59)45-28(16-18-61-3)38(58)49-50-43)51-17-15-29(40(51)60)46-36(56)30(20-24-7-5-4-6-8-24)48-37(57)31(21-25-9-11-26(52)12-10-25)47-35(55)27(13-14-33(42)53)44-34(54)22-41/h4-12,23,27-32,52H,13-22,41H2,1-3H3,(H2,42,53)(H,44,54)(H,45,59)(H,46,56)(H,47,55)(H,48,57)/t27-,28-,29+,30-,31-,32-/m0/s1. The van der Waals surface area contributed by atoms with Crippen molar-refractivity contribution in [2.45, 2.75) is 95.0 Å². The van der Waals surface area contributed by atoms with Crippen molar-refractivity contribution in [3.8, 4) is 5.75 Å². The number of rotatable bonds is 24. The Labute approximate surface area is 357 Å². The SMILES string of the molecule is CSCC[C@H](NC(=O)[C@H](CC(C)C)N1CC[C@@H](NC(=O)[C@H](Cc2ccccc2)NC(=O)[C@H](Cc2ccc(O)cc2)NC(=O)[C@H](CCC(N)=O)NC(=O)CN)C1=O)C(=O)N=[N+]=[N-]. The molecule has 0 spiro atoms. The fourth-order valence-corrected chi connectivity index (χ4v) is 7.08. The van der Waals surface area contributed by atoms with Gasteiger partial charge in [0.15, 0.2) is 0 Å². The monoisotopic (exact) mass is 865 g/mol. The number of phenolic OH excluding ortho intramolecular Hbond substituents is 1. The summed E-state index contributed by atoms with van der Waals surface area (Å²) in [7, 11) is 0. The zero-order valence-electron chi connectivity index (χ0n) is 34.4. The Hall–Kier alpha value is -6.18. The Kier molecular flexibility index (Phi) is 20.0. The highest BCUT2D eigenvalue weighted by atomic mass is 32.2. The molecule has 0 saturated carbocycles. The highest BCUT2D eigenvalue weighted by molar-refractivity contribution is 7.98. The van der Waals surface area contributed by atoms with Gasteiger partial charge in [-0.15, -0.1) is 0 Å². The van der Waals surface area contributed by atoms with Crippen molar-refractivity contribution in [3.63, 3.8) is 0 Å². The predicted octanol–water partition coefficient (Wildman–Crippen LogP) is 0.0626. The van der Waals surface area contributed by atoms with E-state index in [0.717, 1.165) is 0 Å². The molecule has 0 unspecified atom stereocenters. The van der Waals surface area contributed by atoms with Crippen LogP contribution >= 0.6 is 11.8 Å². The molecule has 1 saturated heterocycles. The first kappa shape index (κ1) is 49.2. The van der Waals surface area contributed by atoms with Crippen molar-refractivity contribution >= 4 is 59.0 Å². The van der Waals surface area contributed by atoms with Gasteiger partial charge in [0.2, 0.25) is 47.3 Å². The van der Waals surface area contributed by atoms with E-state index in [1.807, 2.05) is 20.1 Å². The number of nitrogens with one attached hydrogen (secondary N) is 5. The highest BCUT2D eigenvalue weighted by Gasteiger charge is 2.41. The molecule has 20 nitrogen and oxygen atoms in total. The van der Waals surface area contributed by atoms with Crippen LogP contribution in [0.2, 0.25) is 0 Å². The number of likely N-dealkylation sites (tertiary alicyclic amines) is 1. The van der Waals surface area contributed by atoms with Gasteiger partial charge in [0.25, 0.3) is 0 Å². The van der Waals surface area contributed by atoms with Crippen LogP contribution in [0.15, 0.2) is 59.7 Å². The molecule has 8 amide bonds. The van der Waals surface area contributed by atoms with Crippen LogP contribution in [0.1, 0.15) is 57.1 Å². The summed E-state index contributed by atoms with van der Waals surface area (Å²) in [6, 6.07) is 7.40. The second kappa shape index (κ2) is 24.8. The molecule has 21 heteroatoms. The molecule has 6 atom stereocenters. The molecule has 0 radical (unpaired) electrons. The number of benzene rings is 2. The number of nitrogens with zero attached hydrogens (tertiary/aromatic N) is 4. The molecular weight excluding hydrogens is 811 g/mol. The Morgan fingerprint density at radius 3 is 2.02 bits per heavy atom. The van der Waals surface area contributed by atoms with Gasteiger partial charge in [-0.3, -0.25) is 38.4 Å². The van der Waals surface area contributed by atoms with Crippen LogP contribution in [0.4, 0.5) is 0 Å². The van der Waals surface area contributed by atoms with Crippen LogP contribution in [-0.2, 0) is 51.2 Å². The first-order valence-corrected chi connectivity index (χ1v) is 21.2. The Bertz CT molecular complexity index is 1910. The molecule has 2 aromatic carbocycles. The van der Waals surface area contributed by atoms with E-state index < -0.39 is 90.1 Å². The number of phenols is 1. The van der Waals surface area contributed by atoms with Crippen LogP contribution in [-0.4, -0.2) is 119 Å². The first-order chi connectivity index (χ1) is 29.1. The summed E-state index contributed by atoms with van der Waals surface area (Å²) in [5.41, 5.74) is 20.7. The lowest BCUT2D eigenvalue weighted by Gasteiger charge is -2.30. The molecule has 330 valence electrons. The lowest BCUT2D eigenvalue weighted by molar-refractivity contribution is -0.141. The van der Waals surface area contributed by atoms with Crippen molar-refractivity contribution < 1.29 is 43.5 Å². The molecule has 3 rings (SSSR count). The maximum Gasteiger partial charge on any atom is 0.245 e. The number of aromatic hydroxyl groups is 1. The van der Waals surface area contributed by atoms with Gasteiger partial charge in [-0.2, -0.15) is 11.8 Å². The smallest absolute Gasteiger partial charge is 0.245 e. The number of carbonyl (C=O) groups excluding carboxylic acids is 8. The lowest BCUT2D eigenvalue weighted by Crippen LogP contribution is -2.59. The second-order valence-electron chi connectivity index (χ2n) is 14.9. The van der Waals surface area contributed by atoms with Crippen LogP contribution in [0.25, 0.3) is 10.4 Å². The average molecular weight is 866 g/mol. The van der Waals surface area contributed by atoms with Crippen molar-refractivity contribution in [1.82, 2.24) is 31.5 Å². The number of hydrogen-bond acceptors (Lipinski definition) is 11. The second-order valence-corrected chi connectivity index (χ2v) is 15.9. The van der Waals surface area contributed by atoms with E-state index in [4.69, 9.17) is 17.0 Å². The molecule has 1 fully saturated rings. The van der Waals surface area contributed by atoms with E-state index in [9.17, 15) is 43.5 Å². The van der Waals surface area contributed by atoms with E-state index >= 15 is 0 Å². The molecule has 61 heavy (non-hydrogen) atoms. The number of thioether (sulfide) groups is 1. The zero-order chi connectivity index (χ0) is 45.1. The summed E-state index contributed by atoms with van der Waals surface area (Å²) in [4.78, 5) is 110. The van der Waals surface area contributed by atoms with Crippen molar-refractivity contribution in [2.75, 3.05) is 25.1 Å². The van der Waals surface area contributed by atoms with Gasteiger partial charge in [-0.25, -0.2) is 0 Å². The van der Waals surface area contributed by atoms with Crippen LogP contribution in [0.3, 0.4) is 0 Å². The lowest BCUT2D eigenvalue weighted by atomic mass is 10.0. The van der Waals surface area contributed by atoms with E-state index in [0.29, 0.717) is 16.9 Å². The fourth-order valence-electron chi connectivity index (χ4n) is 6.60. The number of primary amides is 1. The van der Waals surface area contributed by atoms with Crippen LogP contribution < -0.4 is 38.1 Å². The van der Waals surface area contributed by atoms with Gasteiger partial charge in [-0.1, -0.05) is 56.3 Å². The minimum atomic E-state index is -1.36. The minimum absolute atomic E-state index is 0.0360. The molecule has 1 heterocycles. The van der Waals surface area contributed by atoms with Gasteiger partial charge < -0.3 is 48.1 Å². The summed E-state index contributed by atoms with van der Waals surface area (Å²) in [6.07, 6.45) is 1.72. The average Bonchev–Trinajstić information content (AvgIpc) is 3.58. The Morgan fingerprint density at radius 1 is 0.852 bits per heavy atom. The Balaban J connectivity index is 1.89. The quantitative estimate of drug-likeness (QED) is 0.0396. The predicted molar refractivity (Wildman–Crippen MR) is 226 cm³/mol. The van der Waals surface area contributed by atoms with Gasteiger partial charge in [0.1, 0.15) is 36.0 Å². The number of hydrogen-bond donors (Lipinski definition) is 8. The summed E-state index contributed by atoms with van der Waals surface area (Å²) in [5.74, 6) is -5.46. The number of amides is 8. The highest BCUT2D eigenvalue weighted by Crippen LogP contribution is 2.21. The third-order valence-electron chi connectivity index (χ3n) is 9.74. The van der Waals surface area contributed by atoms with Gasteiger partial charge in [0, 0.05) is 30.7 Å². The van der Waals surface area contributed by atoms with E-state index in [-0.39, 0.29) is 63.2 Å². The number of nitrogens with two attached hydrogens (primary N) is 2. The molecule has 10 N–H and O–H groups in total. The van der Waals surface area contributed by atoms with Crippen LogP contribution in [0, 0.1) is 5.92 Å². The third-order valence-corrected chi connectivity index (χ3v) is 10.4. The summed E-state index contributed by atoms with van der Waals surface area (Å²) < 4.78 is 0. The fraction of sp³-hybridized carbons (Fsp3) is 0.500. The van der Waals surface area contributed by atoms with E-state index in [2.05, 4.69) is 36.6 Å². The topological polar surface area (TPSA) is 321 Å². The number of carbonyl (C=O) groups is 8. The molecule has 1 aliphatic heterocycles. The van der Waals surface area contributed by atoms with Crippen molar-refractivity contribution in [1.29, 1.82) is 0 Å². The van der Waals surface area contributed by atoms with Crippen LogP contribution in [0.5, 0.6) is 5.75 Å². The first-order valence-electron chi connectivity index (χ1n) is 19.8. The normalized spacial score (nSPS) is 15.9. The summed E-state index contributed by atoms with van der Waals surface area (Å²) in [5, 5.41) is 26.1. The summed E-state index contributed by atoms with van der Waals surface area (Å²) in [6.45, 7) is 3.35. The molecule has 1 aliphatic rings. The zero-order valence-corrected chi connectivity index (χ0v) is 35.2. The maximum atomic E-state index is 14.2. The molecule has 2 aromatic rings. The van der Waals surface area contributed by atoms with E-state index in [1.54, 1.807) is 30.3 Å². The Morgan fingerprint density at radius 2 is 1.44 bits per heavy atom. The van der Waals surface area contributed by atoms with Crippen molar-refractivity contribution in [3.05, 3.63) is 76.2 Å². The minimum Gasteiger partial charge on any atom is -0.508 e. The molecule has 0 aromatic heterocycles. The van der Waals surface area contributed by atoms with Gasteiger partial charge in [0.05, 0.1) is 12.6 Å². The number of azide groups is 1. The van der Waals surface area contributed by atoms with Crippen molar-refractivity contribution in [2.24, 2.45) is 22.5 Å². The molecule has 0 aliphatic carbocycles. The largest absolute Gasteiger partial charge is 0.508 e. The molecular formula is C40H55N11O9S. The summed E-state index contributed by atoms with van der Waals surface area (Å²) >= 11 is 1.43. The van der Waals surface area contributed by atoms with E-state index in [1.165, 1.54) is 40.9 Å². The maximum absolute atomic E-state index is 14.2. The van der Waals surface area contributed by atoms with Gasteiger partial charge >= 0.3 is 0 Å².